The summed E-state index contributed by atoms with van der Waals surface area (Å²) in [6.45, 7) is 0.234. The Hall–Kier alpha value is -1.59. The minimum Gasteiger partial charge on any atom is -0.476 e. The van der Waals surface area contributed by atoms with E-state index in [1.807, 2.05) is 0 Å². The van der Waals surface area contributed by atoms with E-state index in [1.54, 1.807) is 19.2 Å². The van der Waals surface area contributed by atoms with E-state index in [2.05, 4.69) is 4.98 Å². The zero-order chi connectivity index (χ0) is 13.1. The SMILES string of the molecule is CN(CC(F)F)c1ccc(N)c(OCC2CC2)n1. The van der Waals surface area contributed by atoms with Gasteiger partial charge in [-0.1, -0.05) is 0 Å². The summed E-state index contributed by atoms with van der Waals surface area (Å²) in [4.78, 5) is 5.55. The molecule has 0 bridgehead atoms. The molecule has 1 aromatic heterocycles. The Morgan fingerprint density at radius 3 is 2.83 bits per heavy atom. The van der Waals surface area contributed by atoms with Gasteiger partial charge in [0.15, 0.2) is 0 Å². The van der Waals surface area contributed by atoms with Crippen LogP contribution in [0.3, 0.4) is 0 Å². The average molecular weight is 257 g/mol. The molecular weight excluding hydrogens is 240 g/mol. The van der Waals surface area contributed by atoms with E-state index in [-0.39, 0.29) is 6.54 Å². The van der Waals surface area contributed by atoms with Crippen molar-refractivity contribution < 1.29 is 13.5 Å². The number of hydrogen-bond donors (Lipinski definition) is 1. The maximum Gasteiger partial charge on any atom is 0.255 e. The van der Waals surface area contributed by atoms with Gasteiger partial charge in [0, 0.05) is 7.05 Å². The summed E-state index contributed by atoms with van der Waals surface area (Å²) in [6, 6.07) is 3.24. The third kappa shape index (κ3) is 3.45. The second kappa shape index (κ2) is 5.37. The molecule has 0 radical (unpaired) electrons. The number of nitrogens with two attached hydrogens (primary N) is 1. The molecule has 2 rings (SSSR count). The number of aromatic nitrogens is 1. The third-order valence-corrected chi connectivity index (χ3v) is 2.83. The van der Waals surface area contributed by atoms with Crippen molar-refractivity contribution in [2.24, 2.45) is 5.92 Å². The maximum absolute atomic E-state index is 12.3. The van der Waals surface area contributed by atoms with E-state index < -0.39 is 6.43 Å². The largest absolute Gasteiger partial charge is 0.476 e. The number of nitrogens with zero attached hydrogens (tertiary/aromatic N) is 2. The van der Waals surface area contributed by atoms with E-state index in [0.29, 0.717) is 29.9 Å². The highest BCUT2D eigenvalue weighted by atomic mass is 19.3. The summed E-state index contributed by atoms with van der Waals surface area (Å²) in [5, 5.41) is 0. The number of rotatable bonds is 6. The van der Waals surface area contributed by atoms with Gasteiger partial charge in [-0.15, -0.1) is 0 Å². The normalized spacial score (nSPS) is 14.9. The van der Waals surface area contributed by atoms with Crippen molar-refractivity contribution >= 4 is 11.5 Å². The van der Waals surface area contributed by atoms with Crippen LogP contribution in [0.4, 0.5) is 20.3 Å². The first kappa shape index (κ1) is 12.9. The number of anilines is 2. The molecule has 1 aliphatic rings. The molecule has 0 saturated heterocycles. The van der Waals surface area contributed by atoms with Gasteiger partial charge < -0.3 is 15.4 Å². The first-order valence-electron chi connectivity index (χ1n) is 5.95. The van der Waals surface area contributed by atoms with Crippen LogP contribution in [0.25, 0.3) is 0 Å². The molecule has 1 saturated carbocycles. The molecule has 2 N–H and O–H groups in total. The van der Waals surface area contributed by atoms with Gasteiger partial charge in [-0.05, 0) is 30.9 Å². The first-order valence-corrected chi connectivity index (χ1v) is 5.95. The lowest BCUT2D eigenvalue weighted by Crippen LogP contribution is -2.25. The lowest BCUT2D eigenvalue weighted by atomic mass is 10.3. The fourth-order valence-electron chi connectivity index (χ4n) is 1.55. The van der Waals surface area contributed by atoms with Gasteiger partial charge in [-0.25, -0.2) is 8.78 Å². The van der Waals surface area contributed by atoms with Gasteiger partial charge in [0.05, 0.1) is 18.8 Å². The molecule has 0 amide bonds. The molecule has 4 nitrogen and oxygen atoms in total. The minimum atomic E-state index is -2.40. The summed E-state index contributed by atoms with van der Waals surface area (Å²) >= 11 is 0. The molecule has 0 spiro atoms. The van der Waals surface area contributed by atoms with E-state index in [4.69, 9.17) is 10.5 Å². The number of pyridine rings is 1. The number of halogens is 2. The number of nitrogen functional groups attached to an aromatic ring is 1. The van der Waals surface area contributed by atoms with Gasteiger partial charge in [-0.3, -0.25) is 0 Å². The van der Waals surface area contributed by atoms with E-state index >= 15 is 0 Å². The number of alkyl halides is 2. The molecule has 0 unspecified atom stereocenters. The fraction of sp³-hybridized carbons (Fsp3) is 0.583. The summed E-state index contributed by atoms with van der Waals surface area (Å²) in [5.74, 6) is 1.37. The summed E-state index contributed by atoms with van der Waals surface area (Å²) in [7, 11) is 1.56. The highest BCUT2D eigenvalue weighted by molar-refractivity contribution is 5.54. The second-order valence-electron chi connectivity index (χ2n) is 4.59. The summed E-state index contributed by atoms with van der Waals surface area (Å²) in [6.07, 6.45) is -0.0550. The molecule has 0 atom stereocenters. The van der Waals surface area contributed by atoms with Crippen LogP contribution in [0.15, 0.2) is 12.1 Å². The van der Waals surface area contributed by atoms with Crippen LogP contribution in [-0.4, -0.2) is 31.6 Å². The van der Waals surface area contributed by atoms with Gasteiger partial charge in [0.2, 0.25) is 5.88 Å². The fourth-order valence-corrected chi connectivity index (χ4v) is 1.55. The predicted molar refractivity (Wildman–Crippen MR) is 66.1 cm³/mol. The van der Waals surface area contributed by atoms with Crippen molar-refractivity contribution in [1.82, 2.24) is 4.98 Å². The Morgan fingerprint density at radius 2 is 2.22 bits per heavy atom. The highest BCUT2D eigenvalue weighted by Gasteiger charge is 2.22. The standard InChI is InChI=1S/C12H17F2N3O/c1-17(6-10(13)14)11-5-4-9(15)12(16-11)18-7-8-2-3-8/h4-5,8,10H,2-3,6-7,15H2,1H3. The molecule has 0 aromatic carbocycles. The molecule has 1 heterocycles. The zero-order valence-corrected chi connectivity index (χ0v) is 10.3. The van der Waals surface area contributed by atoms with Crippen LogP contribution in [0.5, 0.6) is 5.88 Å². The van der Waals surface area contributed by atoms with Crippen LogP contribution in [0.1, 0.15) is 12.8 Å². The molecular formula is C12H17F2N3O. The number of ether oxygens (including phenoxy) is 1. The maximum atomic E-state index is 12.3. The lowest BCUT2D eigenvalue weighted by molar-refractivity contribution is 0.156. The smallest absolute Gasteiger partial charge is 0.255 e. The number of hydrogen-bond acceptors (Lipinski definition) is 4. The van der Waals surface area contributed by atoms with Gasteiger partial charge >= 0.3 is 0 Å². The molecule has 1 aliphatic carbocycles. The first-order chi connectivity index (χ1) is 8.56. The Kier molecular flexibility index (Phi) is 3.84. The molecule has 18 heavy (non-hydrogen) atoms. The topological polar surface area (TPSA) is 51.4 Å². The van der Waals surface area contributed by atoms with Crippen molar-refractivity contribution in [3.63, 3.8) is 0 Å². The quantitative estimate of drug-likeness (QED) is 0.848. The monoisotopic (exact) mass is 257 g/mol. The third-order valence-electron chi connectivity index (χ3n) is 2.83. The zero-order valence-electron chi connectivity index (χ0n) is 10.3. The predicted octanol–water partition coefficient (Wildman–Crippen LogP) is 2.15. The Morgan fingerprint density at radius 1 is 1.50 bits per heavy atom. The minimum absolute atomic E-state index is 0.334. The highest BCUT2D eigenvalue weighted by Crippen LogP contribution is 2.31. The van der Waals surface area contributed by atoms with Gasteiger partial charge in [0.1, 0.15) is 5.82 Å². The average Bonchev–Trinajstić information content (AvgIpc) is 3.10. The van der Waals surface area contributed by atoms with Crippen LogP contribution in [0, 0.1) is 5.92 Å². The van der Waals surface area contributed by atoms with E-state index in [1.165, 1.54) is 17.7 Å². The van der Waals surface area contributed by atoms with Crippen molar-refractivity contribution in [2.45, 2.75) is 19.3 Å². The van der Waals surface area contributed by atoms with Crippen molar-refractivity contribution in [1.29, 1.82) is 0 Å². The van der Waals surface area contributed by atoms with Crippen LogP contribution < -0.4 is 15.4 Å². The van der Waals surface area contributed by atoms with Crippen molar-refractivity contribution in [3.05, 3.63) is 12.1 Å². The lowest BCUT2D eigenvalue weighted by Gasteiger charge is -2.18. The van der Waals surface area contributed by atoms with Crippen molar-refractivity contribution in [2.75, 3.05) is 30.8 Å². The summed E-state index contributed by atoms with van der Waals surface area (Å²) < 4.78 is 30.1. The van der Waals surface area contributed by atoms with Crippen LogP contribution in [-0.2, 0) is 0 Å². The Balaban J connectivity index is 2.03. The van der Waals surface area contributed by atoms with Gasteiger partial charge in [0.25, 0.3) is 6.43 Å². The van der Waals surface area contributed by atoms with E-state index in [9.17, 15) is 8.78 Å². The molecule has 1 fully saturated rings. The van der Waals surface area contributed by atoms with Gasteiger partial charge in [-0.2, -0.15) is 4.98 Å². The van der Waals surface area contributed by atoms with Crippen LogP contribution in [0.2, 0.25) is 0 Å². The van der Waals surface area contributed by atoms with Crippen LogP contribution >= 0.6 is 0 Å². The summed E-state index contributed by atoms with van der Waals surface area (Å²) in [5.41, 5.74) is 6.18. The molecule has 6 heteroatoms. The molecule has 1 aromatic rings. The molecule has 100 valence electrons. The Bertz CT molecular complexity index is 410. The Labute approximate surface area is 105 Å². The van der Waals surface area contributed by atoms with Crippen molar-refractivity contribution in [3.8, 4) is 5.88 Å². The molecule has 0 aliphatic heterocycles. The van der Waals surface area contributed by atoms with E-state index in [0.717, 1.165) is 0 Å². The second-order valence-corrected chi connectivity index (χ2v) is 4.59.